The average Bonchev–Trinajstić information content (AvgIpc) is 3.03. The van der Waals surface area contributed by atoms with Gasteiger partial charge in [0.2, 0.25) is 5.91 Å². The summed E-state index contributed by atoms with van der Waals surface area (Å²) >= 11 is 0. The summed E-state index contributed by atoms with van der Waals surface area (Å²) in [4.78, 5) is 12.0. The van der Waals surface area contributed by atoms with Crippen molar-refractivity contribution in [1.29, 1.82) is 0 Å². The maximum Gasteiger partial charge on any atom is 0.237 e. The zero-order chi connectivity index (χ0) is 14.5. The van der Waals surface area contributed by atoms with Gasteiger partial charge in [0.1, 0.15) is 0 Å². The molecule has 0 radical (unpaired) electrons. The highest BCUT2D eigenvalue weighted by Crippen LogP contribution is 2.09. The van der Waals surface area contributed by atoms with E-state index in [4.69, 9.17) is 0 Å². The average molecular weight is 321 g/mol. The van der Waals surface area contributed by atoms with Gasteiger partial charge in [-0.25, -0.2) is 4.68 Å². The number of benzene rings is 1. The molecule has 1 aliphatic heterocycles. The third-order valence-electron chi connectivity index (χ3n) is 3.75. The molecule has 5 nitrogen and oxygen atoms in total. The van der Waals surface area contributed by atoms with E-state index < -0.39 is 0 Å². The maximum atomic E-state index is 12.0. The van der Waals surface area contributed by atoms with Gasteiger partial charge in [0.25, 0.3) is 0 Å². The Morgan fingerprint density at radius 1 is 1.32 bits per heavy atom. The fourth-order valence-corrected chi connectivity index (χ4v) is 2.56. The first-order valence-electron chi connectivity index (χ1n) is 7.43. The lowest BCUT2D eigenvalue weighted by Crippen LogP contribution is -2.46. The van der Waals surface area contributed by atoms with E-state index in [1.807, 2.05) is 41.2 Å². The van der Waals surface area contributed by atoms with Crippen molar-refractivity contribution in [3.63, 3.8) is 0 Å². The summed E-state index contributed by atoms with van der Waals surface area (Å²) < 4.78 is 1.82. The van der Waals surface area contributed by atoms with E-state index in [-0.39, 0.29) is 24.4 Å². The van der Waals surface area contributed by atoms with Crippen LogP contribution < -0.4 is 10.6 Å². The zero-order valence-electron chi connectivity index (χ0n) is 12.4. The molecule has 0 aliphatic carbocycles. The first-order valence-corrected chi connectivity index (χ1v) is 7.43. The van der Waals surface area contributed by atoms with Crippen LogP contribution in [0.1, 0.15) is 24.8 Å². The van der Waals surface area contributed by atoms with Crippen molar-refractivity contribution in [1.82, 2.24) is 20.4 Å². The standard InChI is InChI=1S/C16H20N4O.ClH/c21-16(15-8-4-5-9-17-15)18-10-13-11-19-20(12-13)14-6-2-1-3-7-14;/h1-3,6-7,11-12,15,17H,4-5,8-10H2,(H,18,21);1H/t15-;/m0./s1. The second kappa shape index (κ2) is 7.96. The van der Waals surface area contributed by atoms with Crippen LogP contribution in [0.25, 0.3) is 5.69 Å². The maximum absolute atomic E-state index is 12.0. The van der Waals surface area contributed by atoms with Crippen LogP contribution in [0.15, 0.2) is 42.7 Å². The Morgan fingerprint density at radius 2 is 2.14 bits per heavy atom. The monoisotopic (exact) mass is 320 g/mol. The molecule has 0 saturated carbocycles. The predicted octanol–water partition coefficient (Wildman–Crippen LogP) is 2.05. The Morgan fingerprint density at radius 3 is 2.86 bits per heavy atom. The van der Waals surface area contributed by atoms with Crippen LogP contribution in [-0.2, 0) is 11.3 Å². The largest absolute Gasteiger partial charge is 0.351 e. The summed E-state index contributed by atoms with van der Waals surface area (Å²) in [6.45, 7) is 1.45. The third-order valence-corrected chi connectivity index (χ3v) is 3.75. The van der Waals surface area contributed by atoms with Crippen LogP contribution in [0.3, 0.4) is 0 Å². The van der Waals surface area contributed by atoms with Gasteiger partial charge < -0.3 is 10.6 Å². The second-order valence-corrected chi connectivity index (χ2v) is 5.35. The van der Waals surface area contributed by atoms with Crippen molar-refractivity contribution in [2.75, 3.05) is 6.54 Å². The summed E-state index contributed by atoms with van der Waals surface area (Å²) in [6, 6.07) is 9.90. The van der Waals surface area contributed by atoms with E-state index in [1.54, 1.807) is 6.20 Å². The van der Waals surface area contributed by atoms with E-state index in [2.05, 4.69) is 15.7 Å². The SMILES string of the molecule is Cl.O=C(NCc1cnn(-c2ccccc2)c1)[C@@H]1CCCCN1. The molecule has 6 heteroatoms. The number of carbonyl (C=O) groups excluding carboxylic acids is 1. The van der Waals surface area contributed by atoms with E-state index in [1.165, 1.54) is 0 Å². The second-order valence-electron chi connectivity index (χ2n) is 5.35. The van der Waals surface area contributed by atoms with E-state index in [0.29, 0.717) is 6.54 Å². The minimum Gasteiger partial charge on any atom is -0.351 e. The molecule has 1 aliphatic rings. The highest BCUT2D eigenvalue weighted by atomic mass is 35.5. The fraction of sp³-hybridized carbons (Fsp3) is 0.375. The number of carbonyl (C=O) groups is 1. The zero-order valence-corrected chi connectivity index (χ0v) is 13.2. The molecule has 118 valence electrons. The molecular formula is C16H21ClN4O. The van der Waals surface area contributed by atoms with Crippen LogP contribution in [0.4, 0.5) is 0 Å². The van der Waals surface area contributed by atoms with E-state index >= 15 is 0 Å². The quantitative estimate of drug-likeness (QED) is 0.906. The number of piperidine rings is 1. The Balaban J connectivity index is 0.00000176. The summed E-state index contributed by atoms with van der Waals surface area (Å²) in [7, 11) is 0. The highest BCUT2D eigenvalue weighted by molar-refractivity contribution is 5.85. The van der Waals surface area contributed by atoms with E-state index in [9.17, 15) is 4.79 Å². The topological polar surface area (TPSA) is 59.0 Å². The minimum atomic E-state index is -0.0390. The van der Waals surface area contributed by atoms with Crippen molar-refractivity contribution in [2.45, 2.75) is 31.8 Å². The number of nitrogens with zero attached hydrogens (tertiary/aromatic N) is 2. The Labute approximate surface area is 136 Å². The minimum absolute atomic E-state index is 0. The van der Waals surface area contributed by atoms with Crippen LogP contribution in [-0.4, -0.2) is 28.3 Å². The molecule has 2 aromatic rings. The number of aromatic nitrogens is 2. The Kier molecular flexibility index (Phi) is 5.98. The summed E-state index contributed by atoms with van der Waals surface area (Å²) in [6.07, 6.45) is 6.95. The number of nitrogens with one attached hydrogen (secondary N) is 2. The van der Waals surface area contributed by atoms with Gasteiger partial charge >= 0.3 is 0 Å². The molecule has 1 aromatic heterocycles. The van der Waals surface area contributed by atoms with Crippen molar-refractivity contribution < 1.29 is 4.79 Å². The first-order chi connectivity index (χ1) is 10.3. The molecule has 3 rings (SSSR count). The molecule has 0 unspecified atom stereocenters. The number of para-hydroxylation sites is 1. The van der Waals surface area contributed by atoms with Crippen molar-refractivity contribution in [3.05, 3.63) is 48.3 Å². The smallest absolute Gasteiger partial charge is 0.237 e. The molecule has 22 heavy (non-hydrogen) atoms. The number of hydrogen-bond acceptors (Lipinski definition) is 3. The molecular weight excluding hydrogens is 300 g/mol. The van der Waals surface area contributed by atoms with Gasteiger partial charge in [-0.05, 0) is 31.5 Å². The van der Waals surface area contributed by atoms with Gasteiger partial charge in [0.15, 0.2) is 0 Å². The van der Waals surface area contributed by atoms with E-state index in [0.717, 1.165) is 37.1 Å². The lowest BCUT2D eigenvalue weighted by molar-refractivity contribution is -0.123. The first kappa shape index (κ1) is 16.5. The summed E-state index contributed by atoms with van der Waals surface area (Å²) in [5, 5.41) is 10.6. The number of halogens is 1. The lowest BCUT2D eigenvalue weighted by Gasteiger charge is -2.22. The Hall–Kier alpha value is -1.85. The van der Waals surface area contributed by atoms with Gasteiger partial charge in [-0.15, -0.1) is 12.4 Å². The molecule has 2 N–H and O–H groups in total. The molecule has 1 aromatic carbocycles. The molecule has 1 amide bonds. The van der Waals surface area contributed by atoms with Gasteiger partial charge in [-0.1, -0.05) is 24.6 Å². The van der Waals surface area contributed by atoms with Gasteiger partial charge in [0, 0.05) is 18.3 Å². The number of amides is 1. The molecule has 0 bridgehead atoms. The highest BCUT2D eigenvalue weighted by Gasteiger charge is 2.19. The molecule has 1 saturated heterocycles. The predicted molar refractivity (Wildman–Crippen MR) is 88.3 cm³/mol. The third kappa shape index (κ3) is 4.08. The van der Waals surface area contributed by atoms with Gasteiger partial charge in [0.05, 0.1) is 17.9 Å². The van der Waals surface area contributed by atoms with Crippen molar-refractivity contribution >= 4 is 18.3 Å². The summed E-state index contributed by atoms with van der Waals surface area (Å²) in [5.74, 6) is 0.0853. The number of rotatable bonds is 4. The fourth-order valence-electron chi connectivity index (χ4n) is 2.56. The summed E-state index contributed by atoms with van der Waals surface area (Å²) in [5.41, 5.74) is 2.02. The molecule has 2 heterocycles. The molecule has 1 atom stereocenters. The lowest BCUT2D eigenvalue weighted by atomic mass is 10.0. The molecule has 0 spiro atoms. The van der Waals surface area contributed by atoms with Gasteiger partial charge in [-0.2, -0.15) is 5.10 Å². The van der Waals surface area contributed by atoms with Crippen LogP contribution >= 0.6 is 12.4 Å². The normalized spacial score (nSPS) is 17.5. The van der Waals surface area contributed by atoms with Crippen molar-refractivity contribution in [3.8, 4) is 5.69 Å². The van der Waals surface area contributed by atoms with Crippen LogP contribution in [0, 0.1) is 0 Å². The molecule has 1 fully saturated rings. The Bertz CT molecular complexity index is 593. The number of hydrogen-bond donors (Lipinski definition) is 2. The van der Waals surface area contributed by atoms with Crippen LogP contribution in [0.5, 0.6) is 0 Å². The van der Waals surface area contributed by atoms with Gasteiger partial charge in [-0.3, -0.25) is 4.79 Å². The van der Waals surface area contributed by atoms with Crippen LogP contribution in [0.2, 0.25) is 0 Å². The van der Waals surface area contributed by atoms with Crippen molar-refractivity contribution in [2.24, 2.45) is 0 Å².